The van der Waals surface area contributed by atoms with Gasteiger partial charge in [0.25, 0.3) is 0 Å². The van der Waals surface area contributed by atoms with Gasteiger partial charge >= 0.3 is 5.97 Å². The molecule has 22 heavy (non-hydrogen) atoms. The molecule has 0 amide bonds. The lowest BCUT2D eigenvalue weighted by atomic mass is 9.85. The van der Waals surface area contributed by atoms with Gasteiger partial charge in [-0.25, -0.2) is 4.79 Å². The Morgan fingerprint density at radius 2 is 1.77 bits per heavy atom. The number of para-hydroxylation sites is 1. The van der Waals surface area contributed by atoms with Crippen molar-refractivity contribution in [1.82, 2.24) is 0 Å². The minimum absolute atomic E-state index is 0.381. The second-order valence-electron chi connectivity index (χ2n) is 5.76. The van der Waals surface area contributed by atoms with Gasteiger partial charge in [-0.15, -0.1) is 0 Å². The second-order valence-corrected chi connectivity index (χ2v) is 5.76. The van der Waals surface area contributed by atoms with Crippen LogP contribution >= 0.6 is 0 Å². The Kier molecular flexibility index (Phi) is 3.49. The maximum Gasteiger partial charge on any atom is 0.334 e. The highest BCUT2D eigenvalue weighted by Gasteiger charge is 2.38. The maximum absolute atomic E-state index is 12.2. The number of anilines is 1. The van der Waals surface area contributed by atoms with Crippen molar-refractivity contribution in [1.29, 1.82) is 0 Å². The Bertz CT molecular complexity index is 701. The normalized spacial score (nSPS) is 19.2. The summed E-state index contributed by atoms with van der Waals surface area (Å²) in [6.45, 7) is 8.01. The van der Waals surface area contributed by atoms with Gasteiger partial charge in [0.1, 0.15) is 0 Å². The molecule has 112 valence electrons. The summed E-state index contributed by atoms with van der Waals surface area (Å²) < 4.78 is 5.89. The third-order valence-electron chi connectivity index (χ3n) is 4.09. The van der Waals surface area contributed by atoms with Gasteiger partial charge in [-0.1, -0.05) is 49.0 Å². The highest BCUT2D eigenvalue weighted by Crippen LogP contribution is 2.42. The van der Waals surface area contributed by atoms with Crippen LogP contribution in [0.2, 0.25) is 0 Å². The van der Waals surface area contributed by atoms with Gasteiger partial charge in [-0.2, -0.15) is 0 Å². The van der Waals surface area contributed by atoms with E-state index >= 15 is 0 Å². The third kappa shape index (κ3) is 2.29. The zero-order valence-corrected chi connectivity index (χ0v) is 12.8. The van der Waals surface area contributed by atoms with E-state index in [0.29, 0.717) is 12.1 Å². The maximum atomic E-state index is 12.2. The zero-order chi connectivity index (χ0) is 15.7. The van der Waals surface area contributed by atoms with Crippen molar-refractivity contribution in [2.45, 2.75) is 26.0 Å². The molecule has 0 radical (unpaired) electrons. The molecule has 0 fully saturated rings. The summed E-state index contributed by atoms with van der Waals surface area (Å²) in [4.78, 5) is 12.2. The third-order valence-corrected chi connectivity index (χ3v) is 4.09. The lowest BCUT2D eigenvalue weighted by molar-refractivity contribution is -0.150. The molecule has 1 aliphatic rings. The largest absolute Gasteiger partial charge is 0.446 e. The summed E-state index contributed by atoms with van der Waals surface area (Å²) in [6, 6.07) is 16.0. The molecule has 1 heterocycles. The van der Waals surface area contributed by atoms with Crippen molar-refractivity contribution < 1.29 is 9.53 Å². The number of benzene rings is 2. The minimum Gasteiger partial charge on any atom is -0.446 e. The number of carbonyl (C=O) groups is 1. The number of hydrogen-bond acceptors (Lipinski definition) is 3. The Balaban J connectivity index is 2.21. The highest BCUT2D eigenvalue weighted by molar-refractivity contribution is 5.88. The van der Waals surface area contributed by atoms with Crippen LogP contribution in [-0.2, 0) is 21.7 Å². The van der Waals surface area contributed by atoms with E-state index in [1.54, 1.807) is 6.92 Å². The molecule has 1 atom stereocenters. The van der Waals surface area contributed by atoms with Crippen LogP contribution in [0.25, 0.3) is 0 Å². The second kappa shape index (κ2) is 5.34. The molecule has 0 saturated carbocycles. The number of nitrogens with one attached hydrogen (secondary N) is 1. The van der Waals surface area contributed by atoms with Crippen LogP contribution < -0.4 is 5.32 Å². The molecule has 1 aliphatic heterocycles. The fourth-order valence-corrected chi connectivity index (χ4v) is 2.91. The number of fused-ring (bicyclic) bond motifs is 2. The molecule has 2 aromatic rings. The molecule has 2 aromatic carbocycles. The van der Waals surface area contributed by atoms with Gasteiger partial charge in [-0.3, -0.25) is 0 Å². The van der Waals surface area contributed by atoms with Crippen LogP contribution in [0.3, 0.4) is 0 Å². The van der Waals surface area contributed by atoms with Gasteiger partial charge in [0.05, 0.1) is 0 Å². The van der Waals surface area contributed by atoms with Crippen LogP contribution in [-0.4, -0.2) is 5.97 Å². The van der Waals surface area contributed by atoms with Crippen molar-refractivity contribution in [3.05, 3.63) is 77.4 Å². The molecule has 3 heteroatoms. The number of carbonyl (C=O) groups excluding carboxylic acids is 1. The topological polar surface area (TPSA) is 38.3 Å². The average molecular weight is 293 g/mol. The Labute approximate surface area is 130 Å². The molecule has 3 rings (SSSR count). The Morgan fingerprint density at radius 1 is 1.14 bits per heavy atom. The average Bonchev–Trinajstić information content (AvgIpc) is 2.64. The molecular weight excluding hydrogens is 274 g/mol. The van der Waals surface area contributed by atoms with E-state index in [2.05, 4.69) is 18.0 Å². The van der Waals surface area contributed by atoms with Crippen LogP contribution in [0.5, 0.6) is 0 Å². The molecule has 1 N–H and O–H groups in total. The van der Waals surface area contributed by atoms with E-state index in [9.17, 15) is 4.79 Å². The summed E-state index contributed by atoms with van der Waals surface area (Å²) in [7, 11) is 0. The van der Waals surface area contributed by atoms with Gasteiger partial charge in [0, 0.05) is 28.9 Å². The lowest BCUT2D eigenvalue weighted by Gasteiger charge is -2.31. The van der Waals surface area contributed by atoms with Crippen LogP contribution in [0.4, 0.5) is 5.69 Å². The smallest absolute Gasteiger partial charge is 0.334 e. The van der Waals surface area contributed by atoms with E-state index in [1.165, 1.54) is 0 Å². The van der Waals surface area contributed by atoms with Gasteiger partial charge in [0.15, 0.2) is 5.60 Å². The molecule has 1 unspecified atom stereocenters. The molecule has 0 aliphatic carbocycles. The molecule has 0 bridgehead atoms. The molecular formula is C19H19NO2. The van der Waals surface area contributed by atoms with Gasteiger partial charge in [-0.05, 0) is 25.5 Å². The standard InChI is InChI=1S/C19H19NO2/c1-13(2)18(21)22-19(3)15-9-5-4-8-14(15)12-20-17-11-7-6-10-16(17)19/h4-11,20H,1,12H2,2-3H3. The van der Waals surface area contributed by atoms with Crippen molar-refractivity contribution in [2.75, 3.05) is 5.32 Å². The first kappa shape index (κ1) is 14.4. The molecule has 3 nitrogen and oxygen atoms in total. The van der Waals surface area contributed by atoms with Crippen molar-refractivity contribution in [3.8, 4) is 0 Å². The summed E-state index contributed by atoms with van der Waals surface area (Å²) >= 11 is 0. The summed E-state index contributed by atoms with van der Waals surface area (Å²) in [5.74, 6) is -0.381. The van der Waals surface area contributed by atoms with E-state index < -0.39 is 5.60 Å². The van der Waals surface area contributed by atoms with E-state index in [0.717, 1.165) is 22.4 Å². The molecule has 0 aromatic heterocycles. The predicted octanol–water partition coefficient (Wildman–Crippen LogP) is 3.99. The number of hydrogen-bond donors (Lipinski definition) is 1. The van der Waals surface area contributed by atoms with Crippen LogP contribution in [0.15, 0.2) is 60.7 Å². The number of ether oxygens (including phenoxy) is 1. The van der Waals surface area contributed by atoms with E-state index in [1.807, 2.05) is 49.4 Å². The first-order valence-corrected chi connectivity index (χ1v) is 7.33. The van der Waals surface area contributed by atoms with Crippen molar-refractivity contribution >= 4 is 11.7 Å². The first-order valence-electron chi connectivity index (χ1n) is 7.33. The fourth-order valence-electron chi connectivity index (χ4n) is 2.91. The Morgan fingerprint density at radius 3 is 2.50 bits per heavy atom. The fraction of sp³-hybridized carbons (Fsp3) is 0.211. The van der Waals surface area contributed by atoms with Gasteiger partial charge < -0.3 is 10.1 Å². The summed E-state index contributed by atoms with van der Waals surface area (Å²) in [6.07, 6.45) is 0. The number of esters is 1. The zero-order valence-electron chi connectivity index (χ0n) is 12.8. The highest BCUT2D eigenvalue weighted by atomic mass is 16.6. The Hall–Kier alpha value is -2.55. The van der Waals surface area contributed by atoms with Crippen LogP contribution in [0, 0.1) is 0 Å². The van der Waals surface area contributed by atoms with Crippen molar-refractivity contribution in [3.63, 3.8) is 0 Å². The molecule has 0 saturated heterocycles. The molecule has 0 spiro atoms. The van der Waals surface area contributed by atoms with Crippen LogP contribution in [0.1, 0.15) is 30.5 Å². The SMILES string of the molecule is C=C(C)C(=O)OC1(C)c2ccccc2CNc2ccccc21. The van der Waals surface area contributed by atoms with E-state index in [-0.39, 0.29) is 5.97 Å². The number of rotatable bonds is 2. The van der Waals surface area contributed by atoms with E-state index in [4.69, 9.17) is 4.74 Å². The minimum atomic E-state index is -0.841. The summed E-state index contributed by atoms with van der Waals surface area (Å²) in [5, 5.41) is 3.43. The van der Waals surface area contributed by atoms with Crippen molar-refractivity contribution in [2.24, 2.45) is 0 Å². The monoisotopic (exact) mass is 293 g/mol. The lowest BCUT2D eigenvalue weighted by Crippen LogP contribution is -2.31. The summed E-state index contributed by atoms with van der Waals surface area (Å²) in [5.41, 5.74) is 3.61. The first-order chi connectivity index (χ1) is 10.5. The predicted molar refractivity (Wildman–Crippen MR) is 87.6 cm³/mol. The van der Waals surface area contributed by atoms with Gasteiger partial charge in [0.2, 0.25) is 0 Å². The quantitative estimate of drug-likeness (QED) is 0.672.